The van der Waals surface area contributed by atoms with E-state index in [4.69, 9.17) is 9.47 Å². The van der Waals surface area contributed by atoms with Gasteiger partial charge in [-0.25, -0.2) is 4.79 Å². The molecule has 1 atom stereocenters. The summed E-state index contributed by atoms with van der Waals surface area (Å²) in [6, 6.07) is 20.1. The minimum atomic E-state index is -0.238. The summed E-state index contributed by atoms with van der Waals surface area (Å²) in [5, 5.41) is 0. The molecule has 0 N–H and O–H groups in total. The Bertz CT molecular complexity index is 715. The first-order valence-corrected chi connectivity index (χ1v) is 9.57. The molecule has 0 spiro atoms. The van der Waals surface area contributed by atoms with Gasteiger partial charge in [0.05, 0.1) is 6.61 Å². The van der Waals surface area contributed by atoms with Gasteiger partial charge in [-0.05, 0) is 30.4 Å². The Labute approximate surface area is 161 Å². The molecule has 1 aliphatic rings. The maximum atomic E-state index is 12.5. The van der Waals surface area contributed by atoms with Gasteiger partial charge in [-0.3, -0.25) is 0 Å². The Balaban J connectivity index is 1.40. The molecule has 4 nitrogen and oxygen atoms in total. The van der Waals surface area contributed by atoms with Crippen molar-refractivity contribution < 1.29 is 14.3 Å². The third-order valence-electron chi connectivity index (χ3n) is 4.69. The smallest absolute Gasteiger partial charge is 0.410 e. The summed E-state index contributed by atoms with van der Waals surface area (Å²) in [4.78, 5) is 14.3. The third kappa shape index (κ3) is 6.26. The fraction of sp³-hybridized carbons (Fsp3) is 0.348. The molecule has 0 saturated carbocycles. The number of hydrogen-bond donors (Lipinski definition) is 0. The second-order valence-electron chi connectivity index (χ2n) is 6.73. The van der Waals surface area contributed by atoms with Crippen LogP contribution in [0.3, 0.4) is 0 Å². The molecule has 1 amide bonds. The van der Waals surface area contributed by atoms with Crippen LogP contribution in [0, 0.1) is 0 Å². The second-order valence-corrected chi connectivity index (χ2v) is 6.73. The van der Waals surface area contributed by atoms with Crippen LogP contribution in [0.25, 0.3) is 0 Å². The monoisotopic (exact) mass is 365 g/mol. The van der Waals surface area contributed by atoms with E-state index < -0.39 is 0 Å². The molecule has 4 heteroatoms. The molecule has 0 saturated heterocycles. The van der Waals surface area contributed by atoms with Gasteiger partial charge in [0.15, 0.2) is 0 Å². The lowest BCUT2D eigenvalue weighted by Gasteiger charge is -2.32. The molecule has 1 heterocycles. The lowest BCUT2D eigenvalue weighted by atomic mass is 10.0. The number of benzene rings is 2. The average molecular weight is 365 g/mol. The van der Waals surface area contributed by atoms with Crippen molar-refractivity contribution in [3.63, 3.8) is 0 Å². The molecule has 2 aromatic rings. The standard InChI is InChI=1S/C23H27NO3/c25-23(27-19-21-12-5-2-6-13-21)24-16-8-7-14-22(24)15-9-17-26-18-20-10-3-1-4-11-20/h1-8,10-13,22H,9,14-19H2/t22-/m0/s1. The fourth-order valence-electron chi connectivity index (χ4n) is 3.20. The molecular formula is C23H27NO3. The van der Waals surface area contributed by atoms with Gasteiger partial charge in [0, 0.05) is 19.2 Å². The van der Waals surface area contributed by atoms with Crippen LogP contribution in [-0.2, 0) is 22.7 Å². The predicted octanol–water partition coefficient (Wildman–Crippen LogP) is 4.95. The number of carbonyl (C=O) groups excluding carboxylic acids is 1. The van der Waals surface area contributed by atoms with Crippen LogP contribution in [0.2, 0.25) is 0 Å². The summed E-state index contributed by atoms with van der Waals surface area (Å²) in [5.74, 6) is 0. The van der Waals surface area contributed by atoms with E-state index in [2.05, 4.69) is 18.2 Å². The highest BCUT2D eigenvalue weighted by Gasteiger charge is 2.25. The molecule has 1 aliphatic heterocycles. The van der Waals surface area contributed by atoms with Crippen LogP contribution in [0.4, 0.5) is 4.79 Å². The Morgan fingerprint density at radius 3 is 2.30 bits per heavy atom. The first kappa shape index (κ1) is 19.2. The number of hydrogen-bond acceptors (Lipinski definition) is 3. The zero-order valence-electron chi connectivity index (χ0n) is 15.6. The maximum absolute atomic E-state index is 12.5. The van der Waals surface area contributed by atoms with E-state index in [-0.39, 0.29) is 12.1 Å². The van der Waals surface area contributed by atoms with E-state index in [1.54, 1.807) is 0 Å². The Hall–Kier alpha value is -2.59. The van der Waals surface area contributed by atoms with Crippen molar-refractivity contribution in [1.82, 2.24) is 4.90 Å². The summed E-state index contributed by atoms with van der Waals surface area (Å²) in [6.07, 6.45) is 6.66. The zero-order chi connectivity index (χ0) is 18.7. The van der Waals surface area contributed by atoms with Gasteiger partial charge in [0.2, 0.25) is 0 Å². The van der Waals surface area contributed by atoms with Crippen molar-refractivity contribution in [3.8, 4) is 0 Å². The zero-order valence-corrected chi connectivity index (χ0v) is 15.6. The molecule has 27 heavy (non-hydrogen) atoms. The van der Waals surface area contributed by atoms with E-state index in [9.17, 15) is 4.79 Å². The Morgan fingerprint density at radius 2 is 1.59 bits per heavy atom. The number of rotatable bonds is 8. The number of carbonyl (C=O) groups is 1. The molecule has 2 aromatic carbocycles. The lowest BCUT2D eigenvalue weighted by Crippen LogP contribution is -2.42. The minimum absolute atomic E-state index is 0.179. The molecule has 0 aromatic heterocycles. The number of amides is 1. The normalized spacial score (nSPS) is 16.3. The molecular weight excluding hydrogens is 338 g/mol. The van der Waals surface area contributed by atoms with Crippen molar-refractivity contribution in [2.24, 2.45) is 0 Å². The number of ether oxygens (including phenoxy) is 2. The first-order chi connectivity index (χ1) is 13.3. The van der Waals surface area contributed by atoms with Gasteiger partial charge < -0.3 is 14.4 Å². The summed E-state index contributed by atoms with van der Waals surface area (Å²) in [7, 11) is 0. The largest absolute Gasteiger partial charge is 0.445 e. The van der Waals surface area contributed by atoms with E-state index >= 15 is 0 Å². The summed E-state index contributed by atoms with van der Waals surface area (Å²) in [6.45, 7) is 2.26. The first-order valence-electron chi connectivity index (χ1n) is 9.57. The van der Waals surface area contributed by atoms with Gasteiger partial charge in [-0.2, -0.15) is 0 Å². The van der Waals surface area contributed by atoms with Crippen LogP contribution < -0.4 is 0 Å². The highest BCUT2D eigenvalue weighted by atomic mass is 16.6. The predicted molar refractivity (Wildman–Crippen MR) is 106 cm³/mol. The topological polar surface area (TPSA) is 38.8 Å². The van der Waals surface area contributed by atoms with Gasteiger partial charge in [-0.15, -0.1) is 0 Å². The molecule has 142 valence electrons. The Morgan fingerprint density at radius 1 is 0.926 bits per heavy atom. The third-order valence-corrected chi connectivity index (χ3v) is 4.69. The maximum Gasteiger partial charge on any atom is 0.410 e. The van der Waals surface area contributed by atoms with Crippen molar-refractivity contribution in [2.75, 3.05) is 13.2 Å². The minimum Gasteiger partial charge on any atom is -0.445 e. The fourth-order valence-corrected chi connectivity index (χ4v) is 3.20. The van der Waals surface area contributed by atoms with Crippen LogP contribution in [-0.4, -0.2) is 30.2 Å². The molecule has 0 aliphatic carbocycles. The average Bonchev–Trinajstić information content (AvgIpc) is 2.73. The Kier molecular flexibility index (Phi) is 7.48. The van der Waals surface area contributed by atoms with Crippen molar-refractivity contribution in [3.05, 3.63) is 83.9 Å². The van der Waals surface area contributed by atoms with Crippen molar-refractivity contribution in [2.45, 2.75) is 38.5 Å². The van der Waals surface area contributed by atoms with Gasteiger partial charge in [-0.1, -0.05) is 72.8 Å². The number of nitrogens with zero attached hydrogens (tertiary/aromatic N) is 1. The van der Waals surface area contributed by atoms with Crippen LogP contribution in [0.15, 0.2) is 72.8 Å². The van der Waals surface area contributed by atoms with Crippen LogP contribution >= 0.6 is 0 Å². The summed E-state index contributed by atoms with van der Waals surface area (Å²) < 4.78 is 11.3. The molecule has 0 fully saturated rings. The van der Waals surface area contributed by atoms with Crippen LogP contribution in [0.1, 0.15) is 30.4 Å². The second kappa shape index (κ2) is 10.5. The molecule has 0 bridgehead atoms. The molecule has 0 radical (unpaired) electrons. The summed E-state index contributed by atoms with van der Waals surface area (Å²) in [5.41, 5.74) is 2.19. The van der Waals surface area contributed by atoms with Crippen molar-refractivity contribution >= 4 is 6.09 Å². The van der Waals surface area contributed by atoms with E-state index in [1.165, 1.54) is 5.56 Å². The SMILES string of the molecule is O=C(OCc1ccccc1)N1CC=CC[C@H]1CCCOCc1ccccc1. The van der Waals surface area contributed by atoms with Gasteiger partial charge in [0.1, 0.15) is 6.61 Å². The van der Waals surface area contributed by atoms with Crippen molar-refractivity contribution in [1.29, 1.82) is 0 Å². The van der Waals surface area contributed by atoms with E-state index in [0.717, 1.165) is 24.8 Å². The lowest BCUT2D eigenvalue weighted by molar-refractivity contribution is 0.0747. The quantitative estimate of drug-likeness (QED) is 0.491. The van der Waals surface area contributed by atoms with Gasteiger partial charge >= 0.3 is 6.09 Å². The van der Waals surface area contributed by atoms with E-state index in [1.807, 2.05) is 59.5 Å². The highest BCUT2D eigenvalue weighted by Crippen LogP contribution is 2.18. The molecule has 0 unspecified atom stereocenters. The highest BCUT2D eigenvalue weighted by molar-refractivity contribution is 5.68. The molecule has 3 rings (SSSR count). The summed E-state index contributed by atoms with van der Waals surface area (Å²) >= 11 is 0. The van der Waals surface area contributed by atoms with Gasteiger partial charge in [0.25, 0.3) is 0 Å². The van der Waals surface area contributed by atoms with E-state index in [0.29, 0.717) is 26.4 Å². The van der Waals surface area contributed by atoms with Crippen LogP contribution in [0.5, 0.6) is 0 Å².